The summed E-state index contributed by atoms with van der Waals surface area (Å²) in [4.78, 5) is 10.6. The van der Waals surface area contributed by atoms with E-state index in [4.69, 9.17) is 16.1 Å². The van der Waals surface area contributed by atoms with Gasteiger partial charge in [0, 0.05) is 31.4 Å². The topological polar surface area (TPSA) is 55.1 Å². The van der Waals surface area contributed by atoms with Crippen LogP contribution in [-0.4, -0.2) is 28.2 Å². The van der Waals surface area contributed by atoms with Gasteiger partial charge in [0.05, 0.1) is 10.7 Å². The first-order valence-corrected chi connectivity index (χ1v) is 6.76. The Labute approximate surface area is 116 Å². The fourth-order valence-corrected chi connectivity index (χ4v) is 2.71. The van der Waals surface area contributed by atoms with E-state index in [1.165, 1.54) is 0 Å². The molecule has 0 unspecified atom stereocenters. The smallest absolute Gasteiger partial charge is 0.229 e. The lowest BCUT2D eigenvalue weighted by Crippen LogP contribution is -2.33. The zero-order chi connectivity index (χ0) is 13.2. The molecule has 0 saturated carbocycles. The lowest BCUT2D eigenvalue weighted by atomic mass is 9.96. The molecule has 0 aliphatic carbocycles. The molecule has 6 heteroatoms. The summed E-state index contributed by atoms with van der Waals surface area (Å²) in [6.07, 6.45) is 5.46. The van der Waals surface area contributed by atoms with Gasteiger partial charge in [-0.25, -0.2) is 0 Å². The maximum atomic E-state index is 6.17. The number of aryl methyl sites for hydroxylation is 1. The third kappa shape index (κ3) is 2.56. The molecule has 2 aromatic heterocycles. The van der Waals surface area contributed by atoms with Crippen molar-refractivity contribution >= 4 is 17.3 Å². The maximum Gasteiger partial charge on any atom is 0.229 e. The van der Waals surface area contributed by atoms with Crippen LogP contribution in [0.5, 0.6) is 0 Å². The molecule has 1 saturated heterocycles. The quantitative estimate of drug-likeness (QED) is 0.845. The van der Waals surface area contributed by atoms with Crippen LogP contribution >= 0.6 is 11.6 Å². The van der Waals surface area contributed by atoms with E-state index in [2.05, 4.69) is 20.0 Å². The summed E-state index contributed by atoms with van der Waals surface area (Å²) in [5.41, 5.74) is 1.05. The summed E-state index contributed by atoms with van der Waals surface area (Å²) in [6.45, 7) is 3.73. The van der Waals surface area contributed by atoms with Gasteiger partial charge < -0.3 is 9.42 Å². The average Bonchev–Trinajstić information content (AvgIpc) is 2.86. The molecular formula is C13H15ClN4O. The van der Waals surface area contributed by atoms with Crippen LogP contribution < -0.4 is 4.90 Å². The van der Waals surface area contributed by atoms with Gasteiger partial charge in [0.25, 0.3) is 0 Å². The predicted molar refractivity (Wildman–Crippen MR) is 72.5 cm³/mol. The third-order valence-corrected chi connectivity index (χ3v) is 3.77. The molecule has 19 heavy (non-hydrogen) atoms. The molecule has 0 N–H and O–H groups in total. The van der Waals surface area contributed by atoms with Crippen molar-refractivity contribution in [2.75, 3.05) is 18.0 Å². The molecule has 3 rings (SSSR count). The first-order chi connectivity index (χ1) is 9.24. The monoisotopic (exact) mass is 278 g/mol. The number of nitrogens with zero attached hydrogens (tertiary/aromatic N) is 4. The van der Waals surface area contributed by atoms with E-state index in [0.29, 0.717) is 16.8 Å². The van der Waals surface area contributed by atoms with Gasteiger partial charge in [0.15, 0.2) is 5.82 Å². The van der Waals surface area contributed by atoms with Gasteiger partial charge in [-0.1, -0.05) is 16.8 Å². The van der Waals surface area contributed by atoms with Crippen molar-refractivity contribution in [1.82, 2.24) is 15.1 Å². The summed E-state index contributed by atoms with van der Waals surface area (Å²) in [6, 6.07) is 1.96. The molecule has 5 nitrogen and oxygen atoms in total. The van der Waals surface area contributed by atoms with Gasteiger partial charge in [0.1, 0.15) is 0 Å². The highest BCUT2D eigenvalue weighted by Gasteiger charge is 2.25. The van der Waals surface area contributed by atoms with Gasteiger partial charge in [-0.2, -0.15) is 4.98 Å². The Balaban J connectivity index is 1.68. The van der Waals surface area contributed by atoms with Gasteiger partial charge in [-0.15, -0.1) is 0 Å². The van der Waals surface area contributed by atoms with Crippen LogP contribution in [0, 0.1) is 6.92 Å². The zero-order valence-electron chi connectivity index (χ0n) is 10.7. The molecular weight excluding hydrogens is 264 g/mol. The van der Waals surface area contributed by atoms with Crippen LogP contribution in [0.2, 0.25) is 5.02 Å². The van der Waals surface area contributed by atoms with Gasteiger partial charge >= 0.3 is 0 Å². The maximum absolute atomic E-state index is 6.17. The highest BCUT2D eigenvalue weighted by atomic mass is 35.5. The Morgan fingerprint density at radius 3 is 2.79 bits per heavy atom. The Hall–Kier alpha value is -1.62. The fourth-order valence-electron chi connectivity index (χ4n) is 2.47. The molecule has 3 heterocycles. The summed E-state index contributed by atoms with van der Waals surface area (Å²) < 4.78 is 5.25. The van der Waals surface area contributed by atoms with Crippen molar-refractivity contribution in [3.63, 3.8) is 0 Å². The minimum absolute atomic E-state index is 0.359. The van der Waals surface area contributed by atoms with E-state index in [9.17, 15) is 0 Å². The largest absolute Gasteiger partial charge is 0.370 e. The second-order valence-corrected chi connectivity index (χ2v) is 5.18. The minimum Gasteiger partial charge on any atom is -0.370 e. The number of halogens is 1. The van der Waals surface area contributed by atoms with E-state index in [0.717, 1.165) is 37.5 Å². The Bertz CT molecular complexity index is 563. The summed E-state index contributed by atoms with van der Waals surface area (Å²) >= 11 is 6.17. The summed E-state index contributed by atoms with van der Waals surface area (Å²) in [7, 11) is 0. The standard InChI is InChI=1S/C13H15ClN4O/c1-9-16-13(19-17-9)10-3-6-18(7-4-10)12-2-5-15-8-11(12)14/h2,5,8,10H,3-4,6-7H2,1H3. The van der Waals surface area contributed by atoms with Crippen molar-refractivity contribution in [2.24, 2.45) is 0 Å². The highest BCUT2D eigenvalue weighted by molar-refractivity contribution is 6.33. The van der Waals surface area contributed by atoms with Gasteiger partial charge in [-0.3, -0.25) is 4.98 Å². The number of hydrogen-bond acceptors (Lipinski definition) is 5. The van der Waals surface area contributed by atoms with Crippen LogP contribution in [0.3, 0.4) is 0 Å². The molecule has 1 aliphatic rings. The number of rotatable bonds is 2. The first kappa shape index (κ1) is 12.4. The molecule has 0 bridgehead atoms. The molecule has 1 fully saturated rings. The van der Waals surface area contributed by atoms with Gasteiger partial charge in [-0.05, 0) is 25.8 Å². The fraction of sp³-hybridized carbons (Fsp3) is 0.462. The summed E-state index contributed by atoms with van der Waals surface area (Å²) in [5.74, 6) is 1.82. The molecule has 0 atom stereocenters. The van der Waals surface area contributed by atoms with E-state index in [1.807, 2.05) is 13.0 Å². The lowest BCUT2D eigenvalue weighted by Gasteiger charge is -2.32. The van der Waals surface area contributed by atoms with E-state index in [-0.39, 0.29) is 0 Å². The van der Waals surface area contributed by atoms with Crippen molar-refractivity contribution in [3.8, 4) is 0 Å². The van der Waals surface area contributed by atoms with Crippen LogP contribution in [0.1, 0.15) is 30.5 Å². The highest BCUT2D eigenvalue weighted by Crippen LogP contribution is 2.32. The molecule has 0 aromatic carbocycles. The van der Waals surface area contributed by atoms with Crippen molar-refractivity contribution in [3.05, 3.63) is 35.2 Å². The molecule has 1 aliphatic heterocycles. The number of aromatic nitrogens is 3. The Morgan fingerprint density at radius 1 is 1.37 bits per heavy atom. The van der Waals surface area contributed by atoms with Crippen molar-refractivity contribution < 1.29 is 4.52 Å². The zero-order valence-corrected chi connectivity index (χ0v) is 11.5. The molecule has 100 valence electrons. The van der Waals surface area contributed by atoms with Crippen LogP contribution in [-0.2, 0) is 0 Å². The number of anilines is 1. The SMILES string of the molecule is Cc1noc(C2CCN(c3ccncc3Cl)CC2)n1. The second-order valence-electron chi connectivity index (χ2n) is 4.77. The molecule has 0 amide bonds. The lowest BCUT2D eigenvalue weighted by molar-refractivity contribution is 0.327. The number of hydrogen-bond donors (Lipinski definition) is 0. The van der Waals surface area contributed by atoms with E-state index < -0.39 is 0 Å². The van der Waals surface area contributed by atoms with E-state index in [1.54, 1.807) is 12.4 Å². The van der Waals surface area contributed by atoms with Crippen LogP contribution in [0.25, 0.3) is 0 Å². The van der Waals surface area contributed by atoms with Crippen LogP contribution in [0.15, 0.2) is 23.0 Å². The Kier molecular flexibility index (Phi) is 3.38. The molecule has 2 aromatic rings. The predicted octanol–water partition coefficient (Wildman–Crippen LogP) is 2.81. The van der Waals surface area contributed by atoms with Gasteiger partial charge in [0.2, 0.25) is 5.89 Å². The number of piperidine rings is 1. The average molecular weight is 279 g/mol. The third-order valence-electron chi connectivity index (χ3n) is 3.48. The number of pyridine rings is 1. The van der Waals surface area contributed by atoms with Crippen molar-refractivity contribution in [2.45, 2.75) is 25.7 Å². The molecule has 0 radical (unpaired) electrons. The van der Waals surface area contributed by atoms with Crippen molar-refractivity contribution in [1.29, 1.82) is 0 Å². The first-order valence-electron chi connectivity index (χ1n) is 6.38. The minimum atomic E-state index is 0.359. The second kappa shape index (κ2) is 5.17. The van der Waals surface area contributed by atoms with Crippen LogP contribution in [0.4, 0.5) is 5.69 Å². The Morgan fingerprint density at radius 2 is 2.16 bits per heavy atom. The molecule has 0 spiro atoms. The van der Waals surface area contributed by atoms with E-state index >= 15 is 0 Å². The normalized spacial score (nSPS) is 16.8. The summed E-state index contributed by atoms with van der Waals surface area (Å²) in [5, 5.41) is 4.56.